The van der Waals surface area contributed by atoms with E-state index >= 15 is 0 Å². The lowest BCUT2D eigenvalue weighted by Gasteiger charge is -2.34. The topological polar surface area (TPSA) is 54.7 Å². The molecule has 1 N–H and O–H groups in total. The standard InChI is InChI=1S/C22H30N2O3.ClH/c1-4-13-24(18-9-11-23-12-10-18)22(25)21-8-6-19(27-21)15-26-20-7-5-16(2)14-17(20)3;/h5-8,14,18,23H,4,9-13,15H2,1-3H3;1H. The molecular formula is C22H31ClN2O3. The van der Waals surface area contributed by atoms with Gasteiger partial charge in [0.05, 0.1) is 0 Å². The van der Waals surface area contributed by atoms with Gasteiger partial charge in [0.15, 0.2) is 5.76 Å². The molecule has 2 heterocycles. The first kappa shape index (κ1) is 22.3. The van der Waals surface area contributed by atoms with Crippen molar-refractivity contribution in [2.24, 2.45) is 0 Å². The van der Waals surface area contributed by atoms with Crippen LogP contribution in [0.25, 0.3) is 0 Å². The first-order valence-electron chi connectivity index (χ1n) is 9.89. The highest BCUT2D eigenvalue weighted by Gasteiger charge is 2.27. The quantitative estimate of drug-likeness (QED) is 0.735. The van der Waals surface area contributed by atoms with Gasteiger partial charge in [-0.3, -0.25) is 4.79 Å². The van der Waals surface area contributed by atoms with E-state index in [2.05, 4.69) is 25.2 Å². The van der Waals surface area contributed by atoms with E-state index in [1.54, 1.807) is 6.07 Å². The van der Waals surface area contributed by atoms with Crippen LogP contribution in [0.15, 0.2) is 34.7 Å². The molecule has 3 rings (SSSR count). The number of piperidine rings is 1. The number of hydrogen-bond donors (Lipinski definition) is 1. The molecule has 0 unspecified atom stereocenters. The van der Waals surface area contributed by atoms with E-state index in [-0.39, 0.29) is 18.3 Å². The van der Waals surface area contributed by atoms with Crippen molar-refractivity contribution in [1.82, 2.24) is 10.2 Å². The van der Waals surface area contributed by atoms with Crippen molar-refractivity contribution in [2.45, 2.75) is 52.7 Å². The Morgan fingerprint density at radius 1 is 1.21 bits per heavy atom. The van der Waals surface area contributed by atoms with Crippen molar-refractivity contribution in [3.05, 3.63) is 53.0 Å². The predicted molar refractivity (Wildman–Crippen MR) is 113 cm³/mol. The van der Waals surface area contributed by atoms with Crippen molar-refractivity contribution < 1.29 is 13.9 Å². The summed E-state index contributed by atoms with van der Waals surface area (Å²) in [5.74, 6) is 1.90. The maximum absolute atomic E-state index is 13.0. The zero-order chi connectivity index (χ0) is 19.2. The summed E-state index contributed by atoms with van der Waals surface area (Å²) in [5, 5.41) is 3.36. The Labute approximate surface area is 173 Å². The van der Waals surface area contributed by atoms with Gasteiger partial charge in [-0.25, -0.2) is 0 Å². The van der Waals surface area contributed by atoms with Gasteiger partial charge in [0.1, 0.15) is 18.1 Å². The van der Waals surface area contributed by atoms with Crippen LogP contribution < -0.4 is 10.1 Å². The molecule has 0 aliphatic carbocycles. The Morgan fingerprint density at radius 2 is 1.96 bits per heavy atom. The molecule has 0 radical (unpaired) electrons. The third-order valence-electron chi connectivity index (χ3n) is 5.05. The normalized spacial score (nSPS) is 14.4. The Balaban J connectivity index is 0.00000280. The summed E-state index contributed by atoms with van der Waals surface area (Å²) in [6.45, 7) is 9.20. The van der Waals surface area contributed by atoms with E-state index < -0.39 is 0 Å². The largest absolute Gasteiger partial charge is 0.485 e. The van der Waals surface area contributed by atoms with Crippen molar-refractivity contribution in [1.29, 1.82) is 0 Å². The van der Waals surface area contributed by atoms with Crippen LogP contribution in [0.5, 0.6) is 5.75 Å². The summed E-state index contributed by atoms with van der Waals surface area (Å²) in [4.78, 5) is 15.0. The van der Waals surface area contributed by atoms with Crippen LogP contribution in [0.1, 0.15) is 53.6 Å². The van der Waals surface area contributed by atoms with Gasteiger partial charge in [-0.05, 0) is 70.0 Å². The highest BCUT2D eigenvalue weighted by Crippen LogP contribution is 2.22. The Morgan fingerprint density at radius 3 is 2.64 bits per heavy atom. The Kier molecular flexibility index (Phi) is 8.39. The molecule has 154 valence electrons. The SMILES string of the molecule is CCCN(C(=O)c1ccc(COc2ccc(C)cc2C)o1)C1CCNCC1.Cl. The molecule has 1 saturated heterocycles. The lowest BCUT2D eigenvalue weighted by molar-refractivity contribution is 0.0606. The van der Waals surface area contributed by atoms with Gasteiger partial charge in [0.2, 0.25) is 0 Å². The molecule has 6 heteroatoms. The first-order valence-corrected chi connectivity index (χ1v) is 9.89. The Bertz CT molecular complexity index is 769. The monoisotopic (exact) mass is 406 g/mol. The number of carbonyl (C=O) groups excluding carboxylic acids is 1. The van der Waals surface area contributed by atoms with Gasteiger partial charge in [0.25, 0.3) is 5.91 Å². The van der Waals surface area contributed by atoms with Gasteiger partial charge in [-0.15, -0.1) is 12.4 Å². The summed E-state index contributed by atoms with van der Waals surface area (Å²) in [6, 6.07) is 9.99. The fourth-order valence-electron chi connectivity index (χ4n) is 3.63. The minimum Gasteiger partial charge on any atom is -0.485 e. The highest BCUT2D eigenvalue weighted by atomic mass is 35.5. The molecule has 0 bridgehead atoms. The number of benzene rings is 1. The van der Waals surface area contributed by atoms with Gasteiger partial charge < -0.3 is 19.4 Å². The Hall–Kier alpha value is -1.98. The molecule has 1 aliphatic rings. The molecule has 1 aromatic heterocycles. The van der Waals surface area contributed by atoms with E-state index in [9.17, 15) is 4.79 Å². The minimum absolute atomic E-state index is 0. The summed E-state index contributed by atoms with van der Waals surface area (Å²) in [6.07, 6.45) is 2.93. The van der Waals surface area contributed by atoms with Gasteiger partial charge in [-0.2, -0.15) is 0 Å². The van der Waals surface area contributed by atoms with Crippen LogP contribution in [0.4, 0.5) is 0 Å². The maximum atomic E-state index is 13.0. The molecule has 5 nitrogen and oxygen atoms in total. The molecule has 28 heavy (non-hydrogen) atoms. The number of nitrogens with one attached hydrogen (secondary N) is 1. The average Bonchev–Trinajstić information content (AvgIpc) is 3.15. The zero-order valence-electron chi connectivity index (χ0n) is 17.0. The fraction of sp³-hybridized carbons (Fsp3) is 0.500. The molecule has 1 aliphatic heterocycles. The third-order valence-corrected chi connectivity index (χ3v) is 5.05. The molecule has 1 aromatic carbocycles. The summed E-state index contributed by atoms with van der Waals surface area (Å²) < 4.78 is 11.7. The average molecular weight is 407 g/mol. The summed E-state index contributed by atoms with van der Waals surface area (Å²) >= 11 is 0. The fourth-order valence-corrected chi connectivity index (χ4v) is 3.63. The zero-order valence-corrected chi connectivity index (χ0v) is 17.8. The number of nitrogens with zero attached hydrogens (tertiary/aromatic N) is 1. The lowest BCUT2D eigenvalue weighted by atomic mass is 10.0. The van der Waals surface area contributed by atoms with Crippen molar-refractivity contribution in [3.8, 4) is 5.75 Å². The van der Waals surface area contributed by atoms with Crippen LogP contribution in [0, 0.1) is 13.8 Å². The summed E-state index contributed by atoms with van der Waals surface area (Å²) in [5.41, 5.74) is 2.30. The van der Waals surface area contributed by atoms with Crippen molar-refractivity contribution >= 4 is 18.3 Å². The minimum atomic E-state index is -0.0125. The van der Waals surface area contributed by atoms with E-state index in [1.807, 2.05) is 30.0 Å². The number of amides is 1. The van der Waals surface area contributed by atoms with Crippen LogP contribution >= 0.6 is 12.4 Å². The smallest absolute Gasteiger partial charge is 0.289 e. The molecule has 1 amide bonds. The number of halogens is 1. The van der Waals surface area contributed by atoms with Gasteiger partial charge >= 0.3 is 0 Å². The van der Waals surface area contributed by atoms with Gasteiger partial charge in [0, 0.05) is 12.6 Å². The second-order valence-corrected chi connectivity index (χ2v) is 7.30. The number of ether oxygens (including phenoxy) is 1. The van der Waals surface area contributed by atoms with Crippen LogP contribution in [-0.4, -0.2) is 36.5 Å². The number of carbonyl (C=O) groups is 1. The van der Waals surface area contributed by atoms with Crippen LogP contribution in [0.3, 0.4) is 0 Å². The number of aryl methyl sites for hydroxylation is 2. The predicted octanol–water partition coefficient (Wildman–Crippen LogP) is 4.50. The van der Waals surface area contributed by atoms with E-state index in [0.717, 1.165) is 50.2 Å². The molecule has 0 saturated carbocycles. The van der Waals surface area contributed by atoms with E-state index in [1.165, 1.54) is 5.56 Å². The second kappa shape index (κ2) is 10.5. The molecule has 2 aromatic rings. The lowest BCUT2D eigenvalue weighted by Crippen LogP contribution is -2.46. The third kappa shape index (κ3) is 5.52. The second-order valence-electron chi connectivity index (χ2n) is 7.30. The van der Waals surface area contributed by atoms with E-state index in [4.69, 9.17) is 9.15 Å². The molecule has 0 spiro atoms. The maximum Gasteiger partial charge on any atom is 0.289 e. The molecular weight excluding hydrogens is 376 g/mol. The highest BCUT2D eigenvalue weighted by molar-refractivity contribution is 5.91. The van der Waals surface area contributed by atoms with E-state index in [0.29, 0.717) is 24.2 Å². The molecule has 1 fully saturated rings. The molecule has 0 atom stereocenters. The van der Waals surface area contributed by atoms with Crippen molar-refractivity contribution in [2.75, 3.05) is 19.6 Å². The van der Waals surface area contributed by atoms with Crippen LogP contribution in [-0.2, 0) is 6.61 Å². The van der Waals surface area contributed by atoms with Gasteiger partial charge in [-0.1, -0.05) is 24.6 Å². The number of furan rings is 1. The number of rotatable bonds is 7. The van der Waals surface area contributed by atoms with Crippen molar-refractivity contribution in [3.63, 3.8) is 0 Å². The number of hydrogen-bond acceptors (Lipinski definition) is 4. The van der Waals surface area contributed by atoms with Crippen LogP contribution in [0.2, 0.25) is 0 Å². The first-order chi connectivity index (χ1) is 13.1. The summed E-state index contributed by atoms with van der Waals surface area (Å²) in [7, 11) is 0.